The molecular formula is C15H22N2O2. The third-order valence-corrected chi connectivity index (χ3v) is 3.61. The molecule has 0 aliphatic carbocycles. The second kappa shape index (κ2) is 6.57. The van der Waals surface area contributed by atoms with Crippen LogP contribution in [0.5, 0.6) is 0 Å². The van der Waals surface area contributed by atoms with Crippen molar-refractivity contribution in [1.82, 2.24) is 5.32 Å². The summed E-state index contributed by atoms with van der Waals surface area (Å²) in [4.78, 5) is 14.0. The molecule has 1 aromatic carbocycles. The number of carbonyl (C=O) groups excluding carboxylic acids is 1. The summed E-state index contributed by atoms with van der Waals surface area (Å²) in [6.45, 7) is 4.70. The highest BCUT2D eigenvalue weighted by molar-refractivity contribution is 5.75. The molecule has 0 fully saturated rings. The molecule has 1 N–H and O–H groups in total. The number of rotatable bonds is 6. The Morgan fingerprint density at radius 3 is 3.00 bits per heavy atom. The zero-order valence-corrected chi connectivity index (χ0v) is 11.7. The van der Waals surface area contributed by atoms with E-state index in [4.69, 9.17) is 4.74 Å². The number of benzene rings is 1. The van der Waals surface area contributed by atoms with Crippen LogP contribution in [0, 0.1) is 0 Å². The summed E-state index contributed by atoms with van der Waals surface area (Å²) in [5, 5.41) is 3.18. The minimum Gasteiger partial charge on any atom is -0.468 e. The van der Waals surface area contributed by atoms with Crippen LogP contribution >= 0.6 is 0 Å². The van der Waals surface area contributed by atoms with Crippen molar-refractivity contribution in [3.05, 3.63) is 29.8 Å². The molecule has 2 rings (SSSR count). The van der Waals surface area contributed by atoms with E-state index in [9.17, 15) is 4.79 Å². The van der Waals surface area contributed by atoms with Gasteiger partial charge in [-0.3, -0.25) is 4.79 Å². The normalized spacial score (nSPS) is 15.2. The van der Waals surface area contributed by atoms with Gasteiger partial charge in [0.05, 0.1) is 7.11 Å². The molecule has 0 spiro atoms. The second-order valence-electron chi connectivity index (χ2n) is 4.79. The number of methoxy groups -OCH3 is 1. The lowest BCUT2D eigenvalue weighted by molar-refractivity contribution is -0.143. The van der Waals surface area contributed by atoms with Crippen molar-refractivity contribution < 1.29 is 9.53 Å². The van der Waals surface area contributed by atoms with Crippen molar-refractivity contribution >= 4 is 11.7 Å². The van der Waals surface area contributed by atoms with E-state index in [0.717, 1.165) is 32.5 Å². The maximum atomic E-state index is 11.6. The molecule has 1 aliphatic rings. The third kappa shape index (κ3) is 3.26. The predicted molar refractivity (Wildman–Crippen MR) is 76.5 cm³/mol. The van der Waals surface area contributed by atoms with E-state index in [2.05, 4.69) is 34.5 Å². The van der Waals surface area contributed by atoms with Gasteiger partial charge >= 0.3 is 5.97 Å². The van der Waals surface area contributed by atoms with E-state index in [0.29, 0.717) is 0 Å². The fourth-order valence-electron chi connectivity index (χ4n) is 2.62. The number of para-hydroxylation sites is 1. The van der Waals surface area contributed by atoms with Crippen molar-refractivity contribution in [2.75, 3.05) is 31.6 Å². The molecule has 19 heavy (non-hydrogen) atoms. The zero-order valence-electron chi connectivity index (χ0n) is 11.7. The minimum atomic E-state index is -0.206. The Labute approximate surface area is 114 Å². The van der Waals surface area contributed by atoms with Crippen LogP contribution in [0.15, 0.2) is 24.3 Å². The van der Waals surface area contributed by atoms with Crippen molar-refractivity contribution in [2.45, 2.75) is 25.8 Å². The average Bonchev–Trinajstić information content (AvgIpc) is 2.86. The van der Waals surface area contributed by atoms with Gasteiger partial charge in [0, 0.05) is 18.8 Å². The molecule has 0 bridgehead atoms. The molecule has 1 unspecified atom stereocenters. The van der Waals surface area contributed by atoms with Gasteiger partial charge in [0.15, 0.2) is 0 Å². The number of ether oxygens (including phenoxy) is 1. The van der Waals surface area contributed by atoms with Gasteiger partial charge in [-0.05, 0) is 31.0 Å². The SMILES string of the molecule is CCNC(CCN1CCc2ccccc21)C(=O)OC. The number of hydrogen-bond acceptors (Lipinski definition) is 4. The second-order valence-corrected chi connectivity index (χ2v) is 4.79. The summed E-state index contributed by atoms with van der Waals surface area (Å²) in [5.74, 6) is -0.172. The van der Waals surface area contributed by atoms with Gasteiger partial charge < -0.3 is 15.0 Å². The summed E-state index contributed by atoms with van der Waals surface area (Å²) in [5.41, 5.74) is 2.71. The van der Waals surface area contributed by atoms with Gasteiger partial charge in [-0.15, -0.1) is 0 Å². The van der Waals surface area contributed by atoms with E-state index in [1.165, 1.54) is 18.4 Å². The van der Waals surface area contributed by atoms with E-state index < -0.39 is 0 Å². The first-order valence-corrected chi connectivity index (χ1v) is 6.90. The Morgan fingerprint density at radius 1 is 1.47 bits per heavy atom. The molecule has 0 radical (unpaired) electrons. The molecule has 0 aromatic heterocycles. The smallest absolute Gasteiger partial charge is 0.322 e. The van der Waals surface area contributed by atoms with E-state index >= 15 is 0 Å². The van der Waals surface area contributed by atoms with Crippen LogP contribution < -0.4 is 10.2 Å². The van der Waals surface area contributed by atoms with Crippen LogP contribution in [0.2, 0.25) is 0 Å². The van der Waals surface area contributed by atoms with Crippen molar-refractivity contribution in [3.63, 3.8) is 0 Å². The number of carbonyl (C=O) groups is 1. The Morgan fingerprint density at radius 2 is 2.26 bits per heavy atom. The van der Waals surface area contributed by atoms with Crippen LogP contribution in [0.4, 0.5) is 5.69 Å². The first kappa shape index (κ1) is 13.9. The minimum absolute atomic E-state index is 0.172. The zero-order chi connectivity index (χ0) is 13.7. The lowest BCUT2D eigenvalue weighted by Gasteiger charge is -2.22. The number of esters is 1. The number of fused-ring (bicyclic) bond motifs is 1. The average molecular weight is 262 g/mol. The number of anilines is 1. The van der Waals surface area contributed by atoms with E-state index in [1.54, 1.807) is 0 Å². The molecular weight excluding hydrogens is 240 g/mol. The van der Waals surface area contributed by atoms with Crippen molar-refractivity contribution in [1.29, 1.82) is 0 Å². The molecule has 4 heteroatoms. The molecule has 4 nitrogen and oxygen atoms in total. The lowest BCUT2D eigenvalue weighted by atomic mass is 10.1. The number of hydrogen-bond donors (Lipinski definition) is 1. The Bertz CT molecular complexity index is 434. The maximum absolute atomic E-state index is 11.6. The molecule has 1 atom stereocenters. The molecule has 0 saturated heterocycles. The van der Waals surface area contributed by atoms with Gasteiger partial charge in [-0.1, -0.05) is 25.1 Å². The van der Waals surface area contributed by atoms with Crippen LogP contribution in [0.1, 0.15) is 18.9 Å². The highest BCUT2D eigenvalue weighted by Gasteiger charge is 2.22. The topological polar surface area (TPSA) is 41.6 Å². The van der Waals surface area contributed by atoms with E-state index in [1.807, 2.05) is 6.92 Å². The van der Waals surface area contributed by atoms with Gasteiger partial charge in [-0.25, -0.2) is 0 Å². The summed E-state index contributed by atoms with van der Waals surface area (Å²) >= 11 is 0. The monoisotopic (exact) mass is 262 g/mol. The molecule has 1 heterocycles. The van der Waals surface area contributed by atoms with Crippen LogP contribution in [-0.2, 0) is 16.0 Å². The summed E-state index contributed by atoms with van der Waals surface area (Å²) in [6.07, 6.45) is 1.87. The van der Waals surface area contributed by atoms with Gasteiger partial charge in [0.25, 0.3) is 0 Å². The fourth-order valence-corrected chi connectivity index (χ4v) is 2.62. The van der Waals surface area contributed by atoms with Crippen LogP contribution in [0.3, 0.4) is 0 Å². The molecule has 0 saturated carbocycles. The lowest BCUT2D eigenvalue weighted by Crippen LogP contribution is -2.40. The quantitative estimate of drug-likeness (QED) is 0.791. The van der Waals surface area contributed by atoms with Crippen LogP contribution in [0.25, 0.3) is 0 Å². The Balaban J connectivity index is 1.93. The van der Waals surface area contributed by atoms with Gasteiger partial charge in [0.1, 0.15) is 6.04 Å². The molecule has 1 aromatic rings. The van der Waals surface area contributed by atoms with Crippen molar-refractivity contribution in [2.24, 2.45) is 0 Å². The molecule has 104 valence electrons. The Hall–Kier alpha value is -1.55. The van der Waals surface area contributed by atoms with Gasteiger partial charge in [0.2, 0.25) is 0 Å². The first-order valence-electron chi connectivity index (χ1n) is 6.90. The molecule has 1 aliphatic heterocycles. The predicted octanol–water partition coefficient (Wildman–Crippen LogP) is 1.59. The highest BCUT2D eigenvalue weighted by atomic mass is 16.5. The Kier molecular flexibility index (Phi) is 4.80. The summed E-state index contributed by atoms with van der Waals surface area (Å²) in [6, 6.07) is 8.28. The summed E-state index contributed by atoms with van der Waals surface area (Å²) < 4.78 is 4.83. The maximum Gasteiger partial charge on any atom is 0.322 e. The standard InChI is InChI=1S/C15H22N2O2/c1-3-16-13(15(18)19-2)9-11-17-10-8-12-6-4-5-7-14(12)17/h4-7,13,16H,3,8-11H2,1-2H3. The first-order chi connectivity index (χ1) is 9.26. The fraction of sp³-hybridized carbons (Fsp3) is 0.533. The molecule has 0 amide bonds. The van der Waals surface area contributed by atoms with Crippen LogP contribution in [-0.4, -0.2) is 38.8 Å². The summed E-state index contributed by atoms with van der Waals surface area (Å²) in [7, 11) is 1.44. The largest absolute Gasteiger partial charge is 0.468 e. The third-order valence-electron chi connectivity index (χ3n) is 3.61. The number of nitrogens with zero attached hydrogens (tertiary/aromatic N) is 1. The highest BCUT2D eigenvalue weighted by Crippen LogP contribution is 2.27. The van der Waals surface area contributed by atoms with Gasteiger partial charge in [-0.2, -0.15) is 0 Å². The van der Waals surface area contributed by atoms with E-state index in [-0.39, 0.29) is 12.0 Å². The van der Waals surface area contributed by atoms with Crippen molar-refractivity contribution in [3.8, 4) is 0 Å². The number of likely N-dealkylation sites (N-methyl/N-ethyl adjacent to an activating group) is 1. The number of nitrogens with one attached hydrogen (secondary N) is 1.